The quantitative estimate of drug-likeness (QED) is 0.689. The van der Waals surface area contributed by atoms with E-state index < -0.39 is 5.82 Å². The summed E-state index contributed by atoms with van der Waals surface area (Å²) in [5.74, 6) is -0.429. The minimum Gasteiger partial charge on any atom is -0.497 e. The number of likely N-dealkylation sites (N-methyl/N-ethyl adjacent to an activating group) is 1. The highest BCUT2D eigenvalue weighted by molar-refractivity contribution is 6.07. The lowest BCUT2D eigenvalue weighted by Crippen LogP contribution is -2.38. The second kappa shape index (κ2) is 8.68. The van der Waals surface area contributed by atoms with Crippen LogP contribution in [0.5, 0.6) is 5.75 Å². The standard InChI is InChI=1S/C22H22FN3O3/c1-4-26(13-21(27)25-16-6-5-7-17(12-16)29-3)22(28)19-10-14(2)24-20-11-15(23)8-9-18(19)20/h5-12H,4,13H2,1-3H3,(H,25,27). The summed E-state index contributed by atoms with van der Waals surface area (Å²) in [7, 11) is 1.55. The molecule has 0 atom stereocenters. The Morgan fingerprint density at radius 1 is 1.17 bits per heavy atom. The molecule has 2 amide bonds. The molecule has 29 heavy (non-hydrogen) atoms. The molecule has 7 heteroatoms. The molecule has 0 saturated carbocycles. The average molecular weight is 395 g/mol. The van der Waals surface area contributed by atoms with Crippen molar-refractivity contribution in [3.05, 3.63) is 65.6 Å². The van der Waals surface area contributed by atoms with Crippen molar-refractivity contribution in [2.75, 3.05) is 25.5 Å². The van der Waals surface area contributed by atoms with Crippen molar-refractivity contribution in [1.82, 2.24) is 9.88 Å². The predicted molar refractivity (Wildman–Crippen MR) is 110 cm³/mol. The number of halogens is 1. The summed E-state index contributed by atoms with van der Waals surface area (Å²) in [6.45, 7) is 3.77. The van der Waals surface area contributed by atoms with Crippen molar-refractivity contribution in [3.8, 4) is 5.75 Å². The van der Waals surface area contributed by atoms with Gasteiger partial charge in [-0.15, -0.1) is 0 Å². The van der Waals surface area contributed by atoms with Gasteiger partial charge in [-0.05, 0) is 44.2 Å². The molecule has 0 aliphatic carbocycles. The van der Waals surface area contributed by atoms with Gasteiger partial charge in [0.2, 0.25) is 5.91 Å². The van der Waals surface area contributed by atoms with Gasteiger partial charge >= 0.3 is 0 Å². The molecule has 0 radical (unpaired) electrons. The second-order valence-corrected chi connectivity index (χ2v) is 6.57. The Kier molecular flexibility index (Phi) is 6.07. The first-order chi connectivity index (χ1) is 13.9. The van der Waals surface area contributed by atoms with Crippen LogP contribution in [0.3, 0.4) is 0 Å². The lowest BCUT2D eigenvalue weighted by Gasteiger charge is -2.21. The zero-order valence-corrected chi connectivity index (χ0v) is 16.5. The Morgan fingerprint density at radius 2 is 1.97 bits per heavy atom. The first-order valence-electron chi connectivity index (χ1n) is 9.21. The number of fused-ring (bicyclic) bond motifs is 1. The highest BCUT2D eigenvalue weighted by atomic mass is 19.1. The van der Waals surface area contributed by atoms with Crippen LogP contribution in [0.4, 0.5) is 10.1 Å². The zero-order chi connectivity index (χ0) is 21.0. The number of nitrogens with one attached hydrogen (secondary N) is 1. The van der Waals surface area contributed by atoms with Crippen LogP contribution in [0.25, 0.3) is 10.9 Å². The summed E-state index contributed by atoms with van der Waals surface area (Å²) < 4.78 is 18.7. The first kappa shape index (κ1) is 20.3. The van der Waals surface area contributed by atoms with Crippen LogP contribution >= 0.6 is 0 Å². The van der Waals surface area contributed by atoms with E-state index in [-0.39, 0.29) is 18.4 Å². The fraction of sp³-hybridized carbons (Fsp3) is 0.227. The Labute approximate surface area is 168 Å². The minimum absolute atomic E-state index is 0.114. The van der Waals surface area contributed by atoms with Crippen LogP contribution in [-0.4, -0.2) is 41.9 Å². The van der Waals surface area contributed by atoms with Crippen molar-refractivity contribution in [2.24, 2.45) is 0 Å². The molecule has 150 valence electrons. The van der Waals surface area contributed by atoms with Crippen molar-refractivity contribution in [2.45, 2.75) is 13.8 Å². The van der Waals surface area contributed by atoms with Crippen LogP contribution in [0.2, 0.25) is 0 Å². The molecule has 0 aliphatic rings. The maximum absolute atomic E-state index is 13.6. The molecule has 1 aromatic heterocycles. The molecular formula is C22H22FN3O3. The van der Waals surface area contributed by atoms with E-state index >= 15 is 0 Å². The summed E-state index contributed by atoms with van der Waals surface area (Å²) in [5, 5.41) is 3.32. The largest absolute Gasteiger partial charge is 0.497 e. The van der Waals surface area contributed by atoms with Crippen LogP contribution < -0.4 is 10.1 Å². The average Bonchev–Trinajstić information content (AvgIpc) is 2.70. The number of carbonyl (C=O) groups is 2. The van der Waals surface area contributed by atoms with Crippen molar-refractivity contribution in [3.63, 3.8) is 0 Å². The molecular weight excluding hydrogens is 373 g/mol. The molecule has 3 rings (SSSR count). The number of benzene rings is 2. The fourth-order valence-electron chi connectivity index (χ4n) is 3.08. The maximum Gasteiger partial charge on any atom is 0.255 e. The Hall–Kier alpha value is -3.48. The fourth-order valence-corrected chi connectivity index (χ4v) is 3.08. The normalized spacial score (nSPS) is 10.6. The summed E-state index contributed by atoms with van der Waals surface area (Å²) in [4.78, 5) is 31.3. The molecule has 0 spiro atoms. The minimum atomic E-state index is -0.418. The van der Waals surface area contributed by atoms with Crippen LogP contribution in [0.15, 0.2) is 48.5 Å². The van der Waals surface area contributed by atoms with Crippen molar-refractivity contribution < 1.29 is 18.7 Å². The Bertz CT molecular complexity index is 1060. The van der Waals surface area contributed by atoms with Gasteiger partial charge in [0.25, 0.3) is 5.91 Å². The van der Waals surface area contributed by atoms with Gasteiger partial charge in [-0.25, -0.2) is 4.39 Å². The number of ether oxygens (including phenoxy) is 1. The monoisotopic (exact) mass is 395 g/mol. The highest BCUT2D eigenvalue weighted by Gasteiger charge is 2.20. The SMILES string of the molecule is CCN(CC(=O)Nc1cccc(OC)c1)C(=O)c1cc(C)nc2cc(F)ccc12. The van der Waals surface area contributed by atoms with E-state index in [0.717, 1.165) is 0 Å². The van der Waals surface area contributed by atoms with E-state index in [1.807, 2.05) is 0 Å². The topological polar surface area (TPSA) is 71.5 Å². The van der Waals surface area contributed by atoms with E-state index in [1.165, 1.54) is 23.1 Å². The van der Waals surface area contributed by atoms with Gasteiger partial charge in [0, 0.05) is 35.4 Å². The lowest BCUT2D eigenvalue weighted by atomic mass is 10.1. The van der Waals surface area contributed by atoms with E-state index in [0.29, 0.717) is 40.1 Å². The first-order valence-corrected chi connectivity index (χ1v) is 9.21. The number of carbonyl (C=O) groups excluding carboxylic acids is 2. The number of methoxy groups -OCH3 is 1. The number of pyridine rings is 1. The smallest absolute Gasteiger partial charge is 0.255 e. The number of hydrogen-bond donors (Lipinski definition) is 1. The summed E-state index contributed by atoms with van der Waals surface area (Å²) in [6.07, 6.45) is 0. The van der Waals surface area contributed by atoms with Gasteiger partial charge in [-0.2, -0.15) is 0 Å². The Balaban J connectivity index is 1.82. The molecule has 1 N–H and O–H groups in total. The Morgan fingerprint density at radius 3 is 2.69 bits per heavy atom. The maximum atomic E-state index is 13.6. The third-order valence-corrected chi connectivity index (χ3v) is 4.49. The van der Waals surface area contributed by atoms with Crippen LogP contribution in [0.1, 0.15) is 23.0 Å². The molecule has 2 aromatic carbocycles. The lowest BCUT2D eigenvalue weighted by molar-refractivity contribution is -0.116. The van der Waals surface area contributed by atoms with E-state index in [1.54, 1.807) is 51.3 Å². The highest BCUT2D eigenvalue weighted by Crippen LogP contribution is 2.21. The summed E-state index contributed by atoms with van der Waals surface area (Å²) >= 11 is 0. The third kappa shape index (κ3) is 4.68. The van der Waals surface area contributed by atoms with Gasteiger partial charge in [0.15, 0.2) is 0 Å². The second-order valence-electron chi connectivity index (χ2n) is 6.57. The molecule has 6 nitrogen and oxygen atoms in total. The zero-order valence-electron chi connectivity index (χ0n) is 16.5. The number of amides is 2. The van der Waals surface area contributed by atoms with E-state index in [2.05, 4.69) is 10.3 Å². The molecule has 0 saturated heterocycles. The van der Waals surface area contributed by atoms with Gasteiger partial charge in [-0.3, -0.25) is 14.6 Å². The van der Waals surface area contributed by atoms with Crippen LogP contribution in [-0.2, 0) is 4.79 Å². The molecule has 3 aromatic rings. The van der Waals surface area contributed by atoms with Crippen molar-refractivity contribution >= 4 is 28.4 Å². The van der Waals surface area contributed by atoms with Crippen LogP contribution in [0, 0.1) is 12.7 Å². The number of rotatable bonds is 6. The summed E-state index contributed by atoms with van der Waals surface area (Å²) in [5.41, 5.74) is 1.98. The van der Waals surface area contributed by atoms with Crippen molar-refractivity contribution in [1.29, 1.82) is 0 Å². The van der Waals surface area contributed by atoms with E-state index in [4.69, 9.17) is 4.74 Å². The van der Waals surface area contributed by atoms with E-state index in [9.17, 15) is 14.0 Å². The summed E-state index contributed by atoms with van der Waals surface area (Å²) in [6, 6.07) is 12.8. The molecule has 0 aliphatic heterocycles. The third-order valence-electron chi connectivity index (χ3n) is 4.49. The van der Waals surface area contributed by atoms with Gasteiger partial charge in [0.1, 0.15) is 18.1 Å². The van der Waals surface area contributed by atoms with Gasteiger partial charge in [0.05, 0.1) is 18.2 Å². The number of aryl methyl sites for hydroxylation is 1. The number of nitrogens with zero attached hydrogens (tertiary/aromatic N) is 2. The predicted octanol–water partition coefficient (Wildman–Crippen LogP) is 3.79. The molecule has 0 bridgehead atoms. The molecule has 0 unspecified atom stereocenters. The van der Waals surface area contributed by atoms with Gasteiger partial charge in [-0.1, -0.05) is 6.07 Å². The number of anilines is 1. The van der Waals surface area contributed by atoms with Gasteiger partial charge < -0.3 is 15.0 Å². The molecule has 1 heterocycles. The number of aromatic nitrogens is 1. The number of hydrogen-bond acceptors (Lipinski definition) is 4. The molecule has 0 fully saturated rings.